The molecule has 76 valence electrons. The Balaban J connectivity index is 2.40. The molecule has 5 heteroatoms. The fourth-order valence-electron chi connectivity index (χ4n) is 1.57. The summed E-state index contributed by atoms with van der Waals surface area (Å²) in [5.41, 5.74) is -1.03. The molecule has 2 rings (SSSR count). The van der Waals surface area contributed by atoms with Gasteiger partial charge in [-0.1, -0.05) is 0 Å². The molecule has 1 aromatic rings. The lowest BCUT2D eigenvalue weighted by molar-refractivity contribution is 0.0382. The Morgan fingerprint density at radius 3 is 3.00 bits per heavy atom. The normalized spacial score (nSPS) is 26.6. The summed E-state index contributed by atoms with van der Waals surface area (Å²) in [6.45, 7) is 0. The molecule has 0 spiro atoms. The monoisotopic (exact) mass is 214 g/mol. The van der Waals surface area contributed by atoms with Crippen LogP contribution < -0.4 is 0 Å². The largest absolute Gasteiger partial charge is 0.478 e. The number of furan rings is 1. The molecule has 0 aromatic carbocycles. The molecule has 0 radical (unpaired) electrons. The van der Waals surface area contributed by atoms with Crippen LogP contribution in [0, 0.1) is 0 Å². The van der Waals surface area contributed by atoms with E-state index in [1.165, 1.54) is 12.3 Å². The summed E-state index contributed by atoms with van der Waals surface area (Å²) in [6.07, 6.45) is 1.85. The highest BCUT2D eigenvalue weighted by molar-refractivity contribution is 7.99. The number of thioether (sulfide) groups is 1. The fraction of sp³-hybridized carbons (Fsp3) is 0.444. The van der Waals surface area contributed by atoms with E-state index in [1.807, 2.05) is 0 Å². The molecule has 0 amide bonds. The third-order valence-corrected chi connectivity index (χ3v) is 3.49. The maximum absolute atomic E-state index is 10.8. The minimum Gasteiger partial charge on any atom is -0.478 e. The predicted octanol–water partition coefficient (Wildman–Crippen LogP) is 1.30. The van der Waals surface area contributed by atoms with Crippen molar-refractivity contribution in [1.82, 2.24) is 0 Å². The Morgan fingerprint density at radius 1 is 1.64 bits per heavy atom. The van der Waals surface area contributed by atoms with E-state index >= 15 is 0 Å². The number of carboxylic acid groups (broad SMARTS) is 1. The van der Waals surface area contributed by atoms with Gasteiger partial charge < -0.3 is 14.6 Å². The number of carbonyl (C=O) groups is 1. The van der Waals surface area contributed by atoms with Crippen LogP contribution in [0.1, 0.15) is 22.5 Å². The van der Waals surface area contributed by atoms with E-state index in [-0.39, 0.29) is 11.3 Å². The molecule has 1 aromatic heterocycles. The molecule has 1 aliphatic heterocycles. The van der Waals surface area contributed by atoms with Crippen LogP contribution >= 0.6 is 11.8 Å². The van der Waals surface area contributed by atoms with Crippen LogP contribution in [0.4, 0.5) is 0 Å². The third-order valence-electron chi connectivity index (χ3n) is 2.32. The number of carboxylic acids is 1. The molecule has 1 atom stereocenters. The molecule has 1 fully saturated rings. The Morgan fingerprint density at radius 2 is 2.43 bits per heavy atom. The van der Waals surface area contributed by atoms with E-state index in [4.69, 9.17) is 9.52 Å². The highest BCUT2D eigenvalue weighted by atomic mass is 32.2. The molecule has 0 aliphatic carbocycles. The van der Waals surface area contributed by atoms with Gasteiger partial charge in [0.25, 0.3) is 0 Å². The second-order valence-electron chi connectivity index (χ2n) is 3.30. The lowest BCUT2D eigenvalue weighted by atomic mass is 9.97. The molecule has 0 saturated carbocycles. The first-order valence-electron chi connectivity index (χ1n) is 4.25. The van der Waals surface area contributed by atoms with Crippen molar-refractivity contribution in [1.29, 1.82) is 0 Å². The van der Waals surface area contributed by atoms with Crippen LogP contribution in [0.5, 0.6) is 0 Å². The summed E-state index contributed by atoms with van der Waals surface area (Å²) in [5, 5.41) is 19.0. The van der Waals surface area contributed by atoms with Gasteiger partial charge >= 0.3 is 5.97 Å². The van der Waals surface area contributed by atoms with Gasteiger partial charge in [0.15, 0.2) is 5.76 Å². The lowest BCUT2D eigenvalue weighted by Gasteiger charge is -2.18. The number of hydrogen-bond donors (Lipinski definition) is 2. The van der Waals surface area contributed by atoms with E-state index in [0.29, 0.717) is 12.2 Å². The SMILES string of the molecule is O=C(O)c1ccoc1C1(O)CCSC1. The molecule has 1 aliphatic rings. The van der Waals surface area contributed by atoms with Crippen molar-refractivity contribution in [2.45, 2.75) is 12.0 Å². The fourth-order valence-corrected chi connectivity index (χ4v) is 2.81. The first-order valence-corrected chi connectivity index (χ1v) is 5.40. The first-order chi connectivity index (χ1) is 6.63. The van der Waals surface area contributed by atoms with Gasteiger partial charge in [-0.3, -0.25) is 0 Å². The van der Waals surface area contributed by atoms with Crippen LogP contribution in [-0.4, -0.2) is 27.7 Å². The van der Waals surface area contributed by atoms with E-state index < -0.39 is 11.6 Å². The molecule has 14 heavy (non-hydrogen) atoms. The van der Waals surface area contributed by atoms with Crippen molar-refractivity contribution in [3.05, 3.63) is 23.7 Å². The second kappa shape index (κ2) is 3.33. The zero-order valence-corrected chi connectivity index (χ0v) is 8.21. The highest BCUT2D eigenvalue weighted by Crippen LogP contribution is 2.38. The highest BCUT2D eigenvalue weighted by Gasteiger charge is 2.39. The van der Waals surface area contributed by atoms with Gasteiger partial charge in [-0.25, -0.2) is 4.79 Å². The van der Waals surface area contributed by atoms with Crippen molar-refractivity contribution in [3.8, 4) is 0 Å². The summed E-state index contributed by atoms with van der Waals surface area (Å²) in [6, 6.07) is 1.37. The van der Waals surface area contributed by atoms with Gasteiger partial charge in [0.1, 0.15) is 11.2 Å². The summed E-state index contributed by atoms with van der Waals surface area (Å²) in [5.74, 6) is 0.464. The zero-order valence-electron chi connectivity index (χ0n) is 7.40. The summed E-state index contributed by atoms with van der Waals surface area (Å²) >= 11 is 1.60. The number of aliphatic hydroxyl groups is 1. The van der Waals surface area contributed by atoms with E-state index in [9.17, 15) is 9.90 Å². The van der Waals surface area contributed by atoms with E-state index in [2.05, 4.69) is 0 Å². The molecular formula is C9H10O4S. The summed E-state index contributed by atoms with van der Waals surface area (Å²) in [4.78, 5) is 10.8. The van der Waals surface area contributed by atoms with Crippen LogP contribution in [0.3, 0.4) is 0 Å². The minimum absolute atomic E-state index is 0.0648. The van der Waals surface area contributed by atoms with Crippen molar-refractivity contribution >= 4 is 17.7 Å². The van der Waals surface area contributed by atoms with Crippen molar-refractivity contribution in [2.75, 3.05) is 11.5 Å². The van der Waals surface area contributed by atoms with Gasteiger partial charge in [-0.05, 0) is 18.2 Å². The molecule has 4 nitrogen and oxygen atoms in total. The average molecular weight is 214 g/mol. The zero-order chi connectivity index (χ0) is 10.2. The standard InChI is InChI=1S/C9H10O4S/c10-8(11)6-1-3-13-7(6)9(12)2-4-14-5-9/h1,3,12H,2,4-5H2,(H,10,11). The maximum Gasteiger partial charge on any atom is 0.339 e. The minimum atomic E-state index is -1.10. The maximum atomic E-state index is 10.8. The smallest absolute Gasteiger partial charge is 0.339 e. The topological polar surface area (TPSA) is 70.7 Å². The van der Waals surface area contributed by atoms with E-state index in [0.717, 1.165) is 5.75 Å². The molecule has 1 saturated heterocycles. The van der Waals surface area contributed by atoms with Gasteiger partial charge in [0.05, 0.1) is 6.26 Å². The van der Waals surface area contributed by atoms with Crippen molar-refractivity contribution < 1.29 is 19.4 Å². The van der Waals surface area contributed by atoms with Crippen LogP contribution in [0.25, 0.3) is 0 Å². The number of aromatic carboxylic acids is 1. The first kappa shape index (κ1) is 9.61. The third kappa shape index (κ3) is 1.42. The summed E-state index contributed by atoms with van der Waals surface area (Å²) in [7, 11) is 0. The Hall–Kier alpha value is -0.940. The van der Waals surface area contributed by atoms with Gasteiger partial charge in [-0.15, -0.1) is 0 Å². The molecule has 2 heterocycles. The molecule has 0 bridgehead atoms. The number of rotatable bonds is 2. The van der Waals surface area contributed by atoms with Gasteiger partial charge in [0.2, 0.25) is 0 Å². The van der Waals surface area contributed by atoms with Crippen molar-refractivity contribution in [2.24, 2.45) is 0 Å². The Bertz CT molecular complexity index is 351. The quantitative estimate of drug-likeness (QED) is 0.776. The van der Waals surface area contributed by atoms with Crippen LogP contribution in [0.2, 0.25) is 0 Å². The Kier molecular flexibility index (Phi) is 2.28. The lowest BCUT2D eigenvalue weighted by Crippen LogP contribution is -2.26. The van der Waals surface area contributed by atoms with Gasteiger partial charge in [0, 0.05) is 5.75 Å². The molecule has 2 N–H and O–H groups in total. The van der Waals surface area contributed by atoms with Crippen LogP contribution in [-0.2, 0) is 5.60 Å². The summed E-state index contributed by atoms with van der Waals surface area (Å²) < 4.78 is 5.07. The molecule has 1 unspecified atom stereocenters. The van der Waals surface area contributed by atoms with Crippen LogP contribution in [0.15, 0.2) is 16.7 Å². The van der Waals surface area contributed by atoms with E-state index in [1.54, 1.807) is 11.8 Å². The van der Waals surface area contributed by atoms with Crippen molar-refractivity contribution in [3.63, 3.8) is 0 Å². The number of hydrogen-bond acceptors (Lipinski definition) is 4. The second-order valence-corrected chi connectivity index (χ2v) is 4.41. The molecular weight excluding hydrogens is 204 g/mol. The van der Waals surface area contributed by atoms with Gasteiger partial charge in [-0.2, -0.15) is 11.8 Å². The Labute approximate surface area is 84.9 Å². The predicted molar refractivity (Wildman–Crippen MR) is 51.5 cm³/mol. The average Bonchev–Trinajstić information content (AvgIpc) is 2.71.